The molecule has 4 unspecified atom stereocenters. The first kappa shape index (κ1) is 22.8. The summed E-state index contributed by atoms with van der Waals surface area (Å²) in [6.07, 6.45) is 3.99. The number of phenols is 1. The largest absolute Gasteiger partial charge is 0.503 e. The Morgan fingerprint density at radius 1 is 1.15 bits per heavy atom. The number of carbonyl (C=O) groups is 4. The van der Waals surface area contributed by atoms with Crippen molar-refractivity contribution in [2.45, 2.75) is 32.6 Å². The van der Waals surface area contributed by atoms with Crippen LogP contribution in [0.2, 0.25) is 0 Å². The number of hydrogen-bond acceptors (Lipinski definition) is 6. The van der Waals surface area contributed by atoms with Crippen molar-refractivity contribution < 1.29 is 29.0 Å². The molecule has 1 fully saturated rings. The van der Waals surface area contributed by atoms with Crippen LogP contribution in [0.25, 0.3) is 0 Å². The molecule has 4 atom stereocenters. The molecule has 1 N–H and O–H groups in total. The molecule has 0 saturated carbocycles. The van der Waals surface area contributed by atoms with Crippen molar-refractivity contribution in [3.05, 3.63) is 56.6 Å². The third-order valence-electron chi connectivity index (χ3n) is 7.58. The maximum absolute atomic E-state index is 13.4. The molecule has 5 rings (SSSR count). The van der Waals surface area contributed by atoms with Gasteiger partial charge in [0, 0.05) is 29.2 Å². The Bertz CT molecular complexity index is 1270. The highest BCUT2D eigenvalue weighted by atomic mass is 79.9. The second-order valence-electron chi connectivity index (χ2n) is 9.20. The molecule has 7 nitrogen and oxygen atoms in total. The summed E-state index contributed by atoms with van der Waals surface area (Å²) in [5.74, 6) is -2.59. The lowest BCUT2D eigenvalue weighted by atomic mass is 9.59. The zero-order valence-corrected chi connectivity index (χ0v) is 20.6. The lowest BCUT2D eigenvalue weighted by Crippen LogP contribution is -2.39. The minimum Gasteiger partial charge on any atom is -0.503 e. The summed E-state index contributed by atoms with van der Waals surface area (Å²) in [6, 6.07) is 3.38. The number of amides is 2. The van der Waals surface area contributed by atoms with Crippen LogP contribution in [0.5, 0.6) is 11.5 Å². The molecule has 3 aliphatic carbocycles. The first-order chi connectivity index (χ1) is 16.2. The molecule has 0 spiro atoms. The number of aromatic hydroxyl groups is 1. The van der Waals surface area contributed by atoms with Crippen molar-refractivity contribution in [3.8, 4) is 11.5 Å². The summed E-state index contributed by atoms with van der Waals surface area (Å²) < 4.78 is 5.74. The Balaban J connectivity index is 1.73. The van der Waals surface area contributed by atoms with Crippen molar-refractivity contribution >= 4 is 39.3 Å². The van der Waals surface area contributed by atoms with Crippen LogP contribution in [0.1, 0.15) is 38.2 Å². The van der Waals surface area contributed by atoms with Crippen molar-refractivity contribution in [2.24, 2.45) is 17.8 Å². The van der Waals surface area contributed by atoms with Gasteiger partial charge in [0.25, 0.3) is 0 Å². The zero-order valence-electron chi connectivity index (χ0n) is 19.1. The van der Waals surface area contributed by atoms with E-state index in [-0.39, 0.29) is 47.2 Å². The van der Waals surface area contributed by atoms with E-state index in [9.17, 15) is 24.3 Å². The number of fused-ring (bicyclic) bond motifs is 3. The number of methoxy groups -OCH3 is 1. The molecular formula is C26H24BrNO6. The number of allylic oxidation sites excluding steroid dienone is 6. The zero-order chi connectivity index (χ0) is 24.5. The van der Waals surface area contributed by atoms with Crippen molar-refractivity contribution in [1.82, 2.24) is 4.90 Å². The van der Waals surface area contributed by atoms with Crippen molar-refractivity contribution in [1.29, 1.82) is 0 Å². The van der Waals surface area contributed by atoms with Gasteiger partial charge in [-0.15, -0.1) is 0 Å². The number of ketones is 2. The normalized spacial score (nSPS) is 28.4. The predicted octanol–water partition coefficient (Wildman–Crippen LogP) is 3.61. The lowest BCUT2D eigenvalue weighted by molar-refractivity contribution is -0.139. The topological polar surface area (TPSA) is 101 Å². The molecule has 0 radical (unpaired) electrons. The first-order valence-corrected chi connectivity index (χ1v) is 12.1. The van der Waals surface area contributed by atoms with Crippen molar-refractivity contribution in [2.75, 3.05) is 13.7 Å². The molecule has 34 heavy (non-hydrogen) atoms. The van der Waals surface area contributed by atoms with Crippen LogP contribution in [-0.4, -0.2) is 47.0 Å². The van der Waals surface area contributed by atoms with Crippen LogP contribution < -0.4 is 4.74 Å². The molecule has 1 saturated heterocycles. The number of likely N-dealkylation sites (tertiary alicyclic amines) is 1. The van der Waals surface area contributed by atoms with Gasteiger partial charge in [0.2, 0.25) is 11.8 Å². The number of ether oxygens (including phenoxy) is 1. The molecule has 1 aliphatic heterocycles. The Morgan fingerprint density at radius 2 is 1.88 bits per heavy atom. The summed E-state index contributed by atoms with van der Waals surface area (Å²) in [5, 5.41) is 10.3. The Labute approximate surface area is 205 Å². The summed E-state index contributed by atoms with van der Waals surface area (Å²) in [7, 11) is 1.44. The monoisotopic (exact) mass is 525 g/mol. The van der Waals surface area contributed by atoms with E-state index in [2.05, 4.69) is 15.9 Å². The van der Waals surface area contributed by atoms with Crippen LogP contribution in [0.15, 0.2) is 51.0 Å². The second kappa shape index (κ2) is 8.05. The van der Waals surface area contributed by atoms with E-state index in [1.807, 2.05) is 6.08 Å². The van der Waals surface area contributed by atoms with E-state index in [0.717, 1.165) is 5.57 Å². The standard InChI is InChI=1S/C26H24BrNO6/c1-4-28-25(32)14-6-5-13-15(21(14)26(28)33)10-16-18(29)7-11(2)23(30)22(16)20(13)12-8-17(27)24(31)19(9-12)34-3/h5,7-9,14-15,20-21,31H,4,6,10H2,1-3H3. The second-order valence-corrected chi connectivity index (χ2v) is 10.1. The molecule has 1 aromatic carbocycles. The fraction of sp³-hybridized carbons (Fsp3) is 0.385. The summed E-state index contributed by atoms with van der Waals surface area (Å²) in [6.45, 7) is 3.72. The quantitative estimate of drug-likeness (QED) is 0.367. The van der Waals surface area contributed by atoms with E-state index < -0.39 is 17.8 Å². The predicted molar refractivity (Wildman–Crippen MR) is 126 cm³/mol. The van der Waals surface area contributed by atoms with Gasteiger partial charge >= 0.3 is 0 Å². The van der Waals surface area contributed by atoms with Crippen LogP contribution in [0.3, 0.4) is 0 Å². The molecule has 4 aliphatic rings. The minimum absolute atomic E-state index is 0.0669. The molecule has 1 aromatic rings. The molecule has 0 aromatic heterocycles. The fourth-order valence-corrected chi connectivity index (χ4v) is 6.49. The fourth-order valence-electron chi connectivity index (χ4n) is 6.03. The van der Waals surface area contributed by atoms with Crippen LogP contribution >= 0.6 is 15.9 Å². The number of imide groups is 1. The van der Waals surface area contributed by atoms with Gasteiger partial charge in [-0.25, -0.2) is 0 Å². The third-order valence-corrected chi connectivity index (χ3v) is 8.18. The van der Waals surface area contributed by atoms with E-state index >= 15 is 0 Å². The smallest absolute Gasteiger partial charge is 0.233 e. The number of Topliss-reactive ketones (excluding diaryl/α,β-unsaturated/α-hetero) is 1. The third kappa shape index (κ3) is 3.07. The number of carbonyl (C=O) groups excluding carboxylic acids is 4. The molecule has 2 amide bonds. The molecule has 0 bridgehead atoms. The van der Waals surface area contributed by atoms with E-state index in [4.69, 9.17) is 4.74 Å². The number of halogens is 1. The van der Waals surface area contributed by atoms with Crippen LogP contribution in [-0.2, 0) is 19.2 Å². The number of phenolic OH excluding ortho intramolecular Hbond substituents is 1. The highest BCUT2D eigenvalue weighted by Gasteiger charge is 2.55. The Hall–Kier alpha value is -3.00. The SMILES string of the molecule is CCN1C(=O)C2CC=C3C(c4cc(Br)c(O)c(OC)c4)C4=C(CC3C2C1=O)C(=O)C=C(C)C4=O. The summed E-state index contributed by atoms with van der Waals surface area (Å²) in [4.78, 5) is 54.0. The summed E-state index contributed by atoms with van der Waals surface area (Å²) in [5.41, 5.74) is 2.73. The van der Waals surface area contributed by atoms with Gasteiger partial charge in [-0.1, -0.05) is 11.6 Å². The highest BCUT2D eigenvalue weighted by Crippen LogP contribution is 2.56. The van der Waals surface area contributed by atoms with E-state index in [1.165, 1.54) is 18.1 Å². The van der Waals surface area contributed by atoms with Gasteiger partial charge in [0.15, 0.2) is 23.1 Å². The molecule has 1 heterocycles. The van der Waals surface area contributed by atoms with Crippen molar-refractivity contribution in [3.63, 3.8) is 0 Å². The average Bonchev–Trinajstić information content (AvgIpc) is 3.07. The number of hydrogen-bond donors (Lipinski definition) is 1. The minimum atomic E-state index is -0.584. The lowest BCUT2D eigenvalue weighted by Gasteiger charge is -2.42. The molecule has 8 heteroatoms. The summed E-state index contributed by atoms with van der Waals surface area (Å²) >= 11 is 3.36. The molecular weight excluding hydrogens is 502 g/mol. The molecule has 176 valence electrons. The van der Waals surface area contributed by atoms with Gasteiger partial charge in [0.05, 0.1) is 23.4 Å². The van der Waals surface area contributed by atoms with Gasteiger partial charge in [-0.2, -0.15) is 0 Å². The Morgan fingerprint density at radius 3 is 2.56 bits per heavy atom. The highest BCUT2D eigenvalue weighted by molar-refractivity contribution is 9.10. The number of nitrogens with zero attached hydrogens (tertiary/aromatic N) is 1. The van der Waals surface area contributed by atoms with Gasteiger partial charge in [0.1, 0.15) is 0 Å². The van der Waals surface area contributed by atoms with E-state index in [0.29, 0.717) is 39.7 Å². The first-order valence-electron chi connectivity index (χ1n) is 11.3. The number of benzene rings is 1. The number of rotatable bonds is 3. The van der Waals surface area contributed by atoms with Gasteiger partial charge < -0.3 is 9.84 Å². The van der Waals surface area contributed by atoms with Gasteiger partial charge in [-0.3, -0.25) is 24.1 Å². The van der Waals surface area contributed by atoms with E-state index in [1.54, 1.807) is 26.0 Å². The van der Waals surface area contributed by atoms with Gasteiger partial charge in [-0.05, 0) is 72.3 Å². The van der Waals surface area contributed by atoms with Crippen LogP contribution in [0.4, 0.5) is 0 Å². The van der Waals surface area contributed by atoms with Crippen LogP contribution in [0, 0.1) is 17.8 Å². The maximum atomic E-state index is 13.4. The average molecular weight is 526 g/mol. The Kier molecular flexibility index (Phi) is 5.39. The maximum Gasteiger partial charge on any atom is 0.233 e.